The Morgan fingerprint density at radius 2 is 1.61 bits per heavy atom. The first-order valence-corrected chi connectivity index (χ1v) is 9.67. The molecular weight excluding hydrogens is 390 g/mol. The molecular formula is C6H13NO13S3. The second-order valence-electron chi connectivity index (χ2n) is 4.26. The summed E-state index contributed by atoms with van der Waals surface area (Å²) in [6.45, 7) is -1.67. The van der Waals surface area contributed by atoms with Crippen LogP contribution < -0.4 is 4.72 Å². The summed E-state index contributed by atoms with van der Waals surface area (Å²) in [6.07, 6.45) is -5.58. The zero-order valence-corrected chi connectivity index (χ0v) is 13.4. The predicted octanol–water partition coefficient (Wildman–Crippen LogP) is -3.49. The summed E-state index contributed by atoms with van der Waals surface area (Å²) in [5.74, 6) is 0. The fourth-order valence-electron chi connectivity index (χ4n) is 1.73. The molecule has 0 aromatic heterocycles. The van der Waals surface area contributed by atoms with Gasteiger partial charge in [-0.1, -0.05) is 0 Å². The summed E-state index contributed by atoms with van der Waals surface area (Å²) in [6, 6.07) is -1.65. The molecule has 4 atom stereocenters. The normalized spacial score (nSPS) is 30.3. The summed E-state index contributed by atoms with van der Waals surface area (Å²) in [5.41, 5.74) is 0. The molecule has 14 nitrogen and oxygen atoms in total. The van der Waals surface area contributed by atoms with E-state index in [1.807, 2.05) is 0 Å². The van der Waals surface area contributed by atoms with Gasteiger partial charge < -0.3 is 9.84 Å². The fraction of sp³-hybridized carbons (Fsp3) is 1.00. The van der Waals surface area contributed by atoms with E-state index in [0.29, 0.717) is 0 Å². The first-order chi connectivity index (χ1) is 10.2. The third kappa shape index (κ3) is 7.76. The molecule has 1 heterocycles. The van der Waals surface area contributed by atoms with E-state index in [1.54, 1.807) is 0 Å². The molecule has 0 amide bonds. The van der Waals surface area contributed by atoms with Crippen molar-refractivity contribution in [1.29, 1.82) is 0 Å². The summed E-state index contributed by atoms with van der Waals surface area (Å²) in [7, 11) is -14.9. The van der Waals surface area contributed by atoms with Gasteiger partial charge >= 0.3 is 31.1 Å². The highest BCUT2D eigenvalue weighted by molar-refractivity contribution is 7.83. The van der Waals surface area contributed by atoms with Crippen molar-refractivity contribution in [2.24, 2.45) is 0 Å². The Hall–Kier alpha value is -0.470. The number of hydrogen-bond donors (Lipinski definition) is 5. The number of aliphatic hydroxyl groups is 1. The molecule has 0 aromatic rings. The smallest absolute Gasteiger partial charge is 0.387 e. The lowest BCUT2D eigenvalue weighted by molar-refractivity contribution is -0.149. The molecule has 0 saturated carbocycles. The van der Waals surface area contributed by atoms with E-state index >= 15 is 0 Å². The van der Waals surface area contributed by atoms with E-state index in [4.69, 9.17) is 18.4 Å². The summed E-state index contributed by atoms with van der Waals surface area (Å²) in [5, 5.41) is 9.86. The standard InChI is InChI=1S/C6H13NO13S3/c8-5-4(2-19-22(12,13)14)18-1-3(7-21(9,10)11)6(5)20-23(15,16)17/h3-8H,1-2H2,(H,9,10,11)(H,12,13,14)(H,15,16,17)/t3-,4-,5-,6-/m1/s1. The minimum atomic E-state index is -5.15. The minimum absolute atomic E-state index is 0.698. The highest BCUT2D eigenvalue weighted by atomic mass is 32.3. The molecule has 0 aliphatic carbocycles. The van der Waals surface area contributed by atoms with Gasteiger partial charge in [-0.15, -0.1) is 0 Å². The van der Waals surface area contributed by atoms with Crippen molar-refractivity contribution in [3.63, 3.8) is 0 Å². The molecule has 1 fully saturated rings. The number of nitrogens with one attached hydrogen (secondary N) is 1. The first-order valence-electron chi connectivity index (χ1n) is 5.50. The van der Waals surface area contributed by atoms with Crippen molar-refractivity contribution in [3.05, 3.63) is 0 Å². The largest absolute Gasteiger partial charge is 0.397 e. The molecule has 1 rings (SSSR count). The Labute approximate surface area is 131 Å². The molecule has 1 aliphatic heterocycles. The van der Waals surface area contributed by atoms with Crippen LogP contribution in [-0.4, -0.2) is 81.6 Å². The lowest BCUT2D eigenvalue weighted by Crippen LogP contribution is -2.61. The van der Waals surface area contributed by atoms with E-state index in [1.165, 1.54) is 4.72 Å². The van der Waals surface area contributed by atoms with Gasteiger partial charge in [-0.05, 0) is 0 Å². The zero-order valence-electron chi connectivity index (χ0n) is 10.9. The van der Waals surface area contributed by atoms with Gasteiger partial charge in [0.2, 0.25) is 0 Å². The predicted molar refractivity (Wildman–Crippen MR) is 68.1 cm³/mol. The summed E-state index contributed by atoms with van der Waals surface area (Å²) in [4.78, 5) is 0. The van der Waals surface area contributed by atoms with Crippen LogP contribution in [0.1, 0.15) is 0 Å². The Morgan fingerprint density at radius 3 is 2.04 bits per heavy atom. The van der Waals surface area contributed by atoms with E-state index in [0.717, 1.165) is 0 Å². The van der Waals surface area contributed by atoms with Crippen molar-refractivity contribution in [1.82, 2.24) is 4.72 Å². The molecule has 1 saturated heterocycles. The Balaban J connectivity index is 2.95. The third-order valence-electron chi connectivity index (χ3n) is 2.52. The maximum absolute atomic E-state index is 10.8. The van der Waals surface area contributed by atoms with Gasteiger partial charge in [0.05, 0.1) is 19.3 Å². The lowest BCUT2D eigenvalue weighted by atomic mass is 9.99. The van der Waals surface area contributed by atoms with Gasteiger partial charge in [-0.3, -0.25) is 13.7 Å². The quantitative estimate of drug-likeness (QED) is 0.261. The van der Waals surface area contributed by atoms with Crippen LogP contribution in [0.3, 0.4) is 0 Å². The maximum Gasteiger partial charge on any atom is 0.397 e. The molecule has 0 aromatic carbocycles. The molecule has 0 bridgehead atoms. The van der Waals surface area contributed by atoms with Crippen LogP contribution in [0.4, 0.5) is 0 Å². The molecule has 17 heteroatoms. The van der Waals surface area contributed by atoms with Gasteiger partial charge in [-0.2, -0.15) is 30.0 Å². The lowest BCUT2D eigenvalue weighted by Gasteiger charge is -2.38. The van der Waals surface area contributed by atoms with E-state index in [2.05, 4.69) is 8.37 Å². The molecule has 138 valence electrons. The van der Waals surface area contributed by atoms with Gasteiger partial charge in [0.1, 0.15) is 18.3 Å². The SMILES string of the molecule is O=S(=O)(O)N[C@@H]1CO[C@H](COS(=O)(=O)O)[C@@H](O)[C@@H]1OS(=O)(=O)O. The molecule has 5 N–H and O–H groups in total. The maximum atomic E-state index is 10.8. The van der Waals surface area contributed by atoms with E-state index in [9.17, 15) is 30.4 Å². The number of aliphatic hydroxyl groups excluding tert-OH is 1. The summed E-state index contributed by atoms with van der Waals surface area (Å²) < 4.78 is 104. The highest BCUT2D eigenvalue weighted by Gasteiger charge is 2.44. The zero-order chi connectivity index (χ0) is 18.1. The minimum Gasteiger partial charge on any atom is -0.387 e. The molecule has 23 heavy (non-hydrogen) atoms. The Morgan fingerprint density at radius 1 is 1.04 bits per heavy atom. The monoisotopic (exact) mass is 403 g/mol. The van der Waals surface area contributed by atoms with E-state index in [-0.39, 0.29) is 0 Å². The Kier molecular flexibility index (Phi) is 6.43. The Bertz CT molecular complexity index is 711. The van der Waals surface area contributed by atoms with Crippen molar-refractivity contribution in [2.75, 3.05) is 13.2 Å². The van der Waals surface area contributed by atoms with Gasteiger partial charge in [0.15, 0.2) is 0 Å². The van der Waals surface area contributed by atoms with Crippen LogP contribution >= 0.6 is 0 Å². The van der Waals surface area contributed by atoms with Crippen LogP contribution in [-0.2, 0) is 44.2 Å². The number of ether oxygens (including phenoxy) is 1. The van der Waals surface area contributed by atoms with Crippen LogP contribution in [0.25, 0.3) is 0 Å². The summed E-state index contributed by atoms with van der Waals surface area (Å²) >= 11 is 0. The topological polar surface area (TPSA) is 223 Å². The highest BCUT2D eigenvalue weighted by Crippen LogP contribution is 2.21. The van der Waals surface area contributed by atoms with Crippen molar-refractivity contribution in [3.8, 4) is 0 Å². The van der Waals surface area contributed by atoms with Crippen LogP contribution in [0, 0.1) is 0 Å². The second-order valence-corrected chi connectivity index (χ2v) is 7.59. The molecule has 1 aliphatic rings. The average molecular weight is 403 g/mol. The van der Waals surface area contributed by atoms with Gasteiger partial charge in [0, 0.05) is 0 Å². The van der Waals surface area contributed by atoms with Crippen molar-refractivity contribution in [2.45, 2.75) is 24.4 Å². The van der Waals surface area contributed by atoms with Crippen molar-refractivity contribution >= 4 is 31.1 Å². The van der Waals surface area contributed by atoms with Gasteiger partial charge in [0.25, 0.3) is 0 Å². The average Bonchev–Trinajstić information content (AvgIpc) is 2.28. The van der Waals surface area contributed by atoms with Crippen LogP contribution in [0.5, 0.6) is 0 Å². The van der Waals surface area contributed by atoms with E-state index < -0.39 is 68.7 Å². The molecule has 0 unspecified atom stereocenters. The second kappa shape index (κ2) is 7.19. The number of hydrogen-bond acceptors (Lipinski definition) is 10. The van der Waals surface area contributed by atoms with Crippen molar-refractivity contribution < 1.29 is 57.1 Å². The first kappa shape index (κ1) is 20.6. The third-order valence-corrected chi connectivity index (χ3v) is 4.02. The fourth-order valence-corrected chi connectivity index (χ4v) is 3.15. The number of rotatable bonds is 7. The molecule has 0 spiro atoms. The van der Waals surface area contributed by atoms with Gasteiger partial charge in [-0.25, -0.2) is 8.37 Å². The molecule has 0 radical (unpaired) electrons. The van der Waals surface area contributed by atoms with Crippen LogP contribution in [0.2, 0.25) is 0 Å². The van der Waals surface area contributed by atoms with Crippen LogP contribution in [0.15, 0.2) is 0 Å².